The highest BCUT2D eigenvalue weighted by atomic mass is 19.3. The van der Waals surface area contributed by atoms with Gasteiger partial charge in [-0.25, -0.2) is 4.98 Å². The molecule has 0 aliphatic heterocycles. The van der Waals surface area contributed by atoms with Crippen molar-refractivity contribution in [2.75, 3.05) is 0 Å². The van der Waals surface area contributed by atoms with Crippen LogP contribution in [0.1, 0.15) is 30.7 Å². The summed E-state index contributed by atoms with van der Waals surface area (Å²) in [6.07, 6.45) is 2.09. The van der Waals surface area contributed by atoms with Crippen LogP contribution in [-0.4, -0.2) is 31.9 Å². The Morgan fingerprint density at radius 3 is 2.82 bits per heavy atom. The second-order valence-electron chi connectivity index (χ2n) is 5.77. The van der Waals surface area contributed by atoms with Crippen molar-refractivity contribution in [2.45, 2.75) is 44.3 Å². The standard InChI is InChI=1S/C15H17F2N3O2/c1-10-4-2-5-12-19-11(9-20(10)12)8-18-13(21)15(16,17)14(22)6-3-7-14/h2,4-5,9,22H,3,6-8H2,1H3,(H,18,21). The number of aryl methyl sites for hydroxylation is 1. The van der Waals surface area contributed by atoms with Crippen LogP contribution in [0.25, 0.3) is 5.65 Å². The zero-order chi connectivity index (χ0) is 16.0. The highest BCUT2D eigenvalue weighted by Gasteiger charge is 2.61. The summed E-state index contributed by atoms with van der Waals surface area (Å²) in [6.45, 7) is 1.79. The number of aromatic nitrogens is 2. The predicted octanol–water partition coefficient (Wildman–Crippen LogP) is 1.81. The maximum absolute atomic E-state index is 13.9. The number of carbonyl (C=O) groups is 1. The molecule has 0 bridgehead atoms. The number of imidazole rings is 1. The lowest BCUT2D eigenvalue weighted by atomic mass is 9.75. The number of hydrogen-bond donors (Lipinski definition) is 2. The summed E-state index contributed by atoms with van der Waals surface area (Å²) in [5.41, 5.74) is -0.0728. The fourth-order valence-corrected chi connectivity index (χ4v) is 2.60. The Bertz CT molecular complexity index is 723. The molecule has 2 N–H and O–H groups in total. The molecule has 1 aliphatic rings. The smallest absolute Gasteiger partial charge is 0.352 e. The average Bonchev–Trinajstić information content (AvgIpc) is 2.86. The summed E-state index contributed by atoms with van der Waals surface area (Å²) in [5, 5.41) is 11.9. The highest BCUT2D eigenvalue weighted by molar-refractivity contribution is 5.85. The minimum atomic E-state index is -3.78. The lowest BCUT2D eigenvalue weighted by Crippen LogP contribution is -2.60. The monoisotopic (exact) mass is 309 g/mol. The first-order valence-corrected chi connectivity index (χ1v) is 7.16. The SMILES string of the molecule is Cc1cccc2nc(CNC(=O)C(F)(F)C3(O)CCC3)cn12. The summed E-state index contributed by atoms with van der Waals surface area (Å²) in [5.74, 6) is -5.23. The maximum Gasteiger partial charge on any atom is 0.352 e. The maximum atomic E-state index is 13.9. The van der Waals surface area contributed by atoms with Crippen molar-refractivity contribution in [2.24, 2.45) is 0 Å². The normalized spacial score (nSPS) is 17.3. The number of aliphatic hydroxyl groups is 1. The number of fused-ring (bicyclic) bond motifs is 1. The van der Waals surface area contributed by atoms with Crippen LogP contribution in [0.4, 0.5) is 8.78 Å². The van der Waals surface area contributed by atoms with Gasteiger partial charge in [-0.3, -0.25) is 4.79 Å². The third kappa shape index (κ3) is 2.25. The van der Waals surface area contributed by atoms with E-state index >= 15 is 0 Å². The number of halogens is 2. The molecular formula is C15H17F2N3O2. The molecule has 0 atom stereocenters. The van der Waals surface area contributed by atoms with Gasteiger partial charge in [0.15, 0.2) is 0 Å². The van der Waals surface area contributed by atoms with Crippen molar-refractivity contribution in [3.05, 3.63) is 35.8 Å². The molecule has 3 rings (SSSR count). The van der Waals surface area contributed by atoms with Crippen molar-refractivity contribution in [1.29, 1.82) is 0 Å². The van der Waals surface area contributed by atoms with E-state index in [4.69, 9.17) is 0 Å². The van der Waals surface area contributed by atoms with Gasteiger partial charge in [-0.1, -0.05) is 6.07 Å². The van der Waals surface area contributed by atoms with Gasteiger partial charge in [-0.2, -0.15) is 8.78 Å². The van der Waals surface area contributed by atoms with E-state index in [9.17, 15) is 18.7 Å². The van der Waals surface area contributed by atoms with Crippen LogP contribution >= 0.6 is 0 Å². The molecule has 2 aromatic rings. The molecule has 118 valence electrons. The molecular weight excluding hydrogens is 292 g/mol. The van der Waals surface area contributed by atoms with E-state index in [-0.39, 0.29) is 19.4 Å². The Labute approximate surface area is 126 Å². The van der Waals surface area contributed by atoms with Gasteiger partial charge in [0.25, 0.3) is 5.91 Å². The van der Waals surface area contributed by atoms with E-state index in [0.717, 1.165) is 5.69 Å². The van der Waals surface area contributed by atoms with Gasteiger partial charge in [-0.15, -0.1) is 0 Å². The predicted molar refractivity (Wildman–Crippen MR) is 75.5 cm³/mol. The molecule has 0 unspecified atom stereocenters. The molecule has 2 heterocycles. The van der Waals surface area contributed by atoms with Gasteiger partial charge in [0.1, 0.15) is 11.2 Å². The second kappa shape index (κ2) is 5.01. The fourth-order valence-electron chi connectivity index (χ4n) is 2.60. The summed E-state index contributed by atoms with van der Waals surface area (Å²) in [6, 6.07) is 5.54. The van der Waals surface area contributed by atoms with E-state index < -0.39 is 17.4 Å². The molecule has 0 spiro atoms. The van der Waals surface area contributed by atoms with E-state index in [2.05, 4.69) is 10.3 Å². The van der Waals surface area contributed by atoms with Crippen LogP contribution in [0, 0.1) is 6.92 Å². The van der Waals surface area contributed by atoms with Crippen molar-refractivity contribution >= 4 is 11.6 Å². The van der Waals surface area contributed by atoms with Gasteiger partial charge < -0.3 is 14.8 Å². The van der Waals surface area contributed by atoms with Crippen LogP contribution in [0.3, 0.4) is 0 Å². The van der Waals surface area contributed by atoms with E-state index in [1.807, 2.05) is 23.5 Å². The number of pyridine rings is 1. The van der Waals surface area contributed by atoms with Gasteiger partial charge in [0.2, 0.25) is 0 Å². The van der Waals surface area contributed by atoms with Crippen molar-refractivity contribution in [1.82, 2.24) is 14.7 Å². The molecule has 1 saturated carbocycles. The number of carbonyl (C=O) groups excluding carboxylic acids is 1. The number of alkyl halides is 2. The Kier molecular flexibility index (Phi) is 3.40. The minimum Gasteiger partial charge on any atom is -0.383 e. The molecule has 1 amide bonds. The largest absolute Gasteiger partial charge is 0.383 e. The third-order valence-electron chi connectivity index (χ3n) is 4.23. The van der Waals surface area contributed by atoms with Crippen molar-refractivity contribution < 1.29 is 18.7 Å². The number of nitrogens with zero attached hydrogens (tertiary/aromatic N) is 2. The molecule has 7 heteroatoms. The highest BCUT2D eigenvalue weighted by Crippen LogP contribution is 2.44. The van der Waals surface area contributed by atoms with Crippen LogP contribution < -0.4 is 5.32 Å². The van der Waals surface area contributed by atoms with Gasteiger partial charge in [0, 0.05) is 11.9 Å². The minimum absolute atomic E-state index is 0.0546. The summed E-state index contributed by atoms with van der Waals surface area (Å²) in [7, 11) is 0. The van der Waals surface area contributed by atoms with Gasteiger partial charge >= 0.3 is 5.92 Å². The summed E-state index contributed by atoms with van der Waals surface area (Å²) in [4.78, 5) is 16.0. The molecule has 5 nitrogen and oxygen atoms in total. The number of nitrogens with one attached hydrogen (secondary N) is 1. The van der Waals surface area contributed by atoms with Crippen LogP contribution in [0.2, 0.25) is 0 Å². The van der Waals surface area contributed by atoms with Crippen LogP contribution in [0.5, 0.6) is 0 Å². The first kappa shape index (κ1) is 14.9. The number of rotatable bonds is 4. The number of amides is 1. The molecule has 0 radical (unpaired) electrons. The van der Waals surface area contributed by atoms with Crippen LogP contribution in [0.15, 0.2) is 24.4 Å². The Morgan fingerprint density at radius 2 is 2.23 bits per heavy atom. The average molecular weight is 309 g/mol. The topological polar surface area (TPSA) is 66.6 Å². The molecule has 2 aromatic heterocycles. The summed E-state index contributed by atoms with van der Waals surface area (Å²) >= 11 is 0. The number of hydrogen-bond acceptors (Lipinski definition) is 3. The third-order valence-corrected chi connectivity index (χ3v) is 4.23. The zero-order valence-electron chi connectivity index (χ0n) is 12.1. The molecule has 1 fully saturated rings. The van der Waals surface area contributed by atoms with Crippen molar-refractivity contribution in [3.63, 3.8) is 0 Å². The van der Waals surface area contributed by atoms with Crippen LogP contribution in [-0.2, 0) is 11.3 Å². The van der Waals surface area contributed by atoms with Crippen molar-refractivity contribution in [3.8, 4) is 0 Å². The van der Waals surface area contributed by atoms with E-state index in [1.54, 1.807) is 12.3 Å². The molecule has 1 aliphatic carbocycles. The van der Waals surface area contributed by atoms with Gasteiger partial charge in [-0.05, 0) is 38.3 Å². The molecule has 0 aromatic carbocycles. The lowest BCUT2D eigenvalue weighted by molar-refractivity contribution is -0.216. The Hall–Kier alpha value is -2.02. The Balaban J connectivity index is 1.71. The first-order chi connectivity index (χ1) is 10.3. The first-order valence-electron chi connectivity index (χ1n) is 7.16. The fraction of sp³-hybridized carbons (Fsp3) is 0.467. The summed E-state index contributed by atoms with van der Waals surface area (Å²) < 4.78 is 29.7. The van der Waals surface area contributed by atoms with E-state index in [0.29, 0.717) is 17.8 Å². The zero-order valence-corrected chi connectivity index (χ0v) is 12.1. The lowest BCUT2D eigenvalue weighted by Gasteiger charge is -2.41. The molecule has 22 heavy (non-hydrogen) atoms. The van der Waals surface area contributed by atoms with E-state index in [1.165, 1.54) is 0 Å². The Morgan fingerprint density at radius 1 is 1.50 bits per heavy atom. The second-order valence-corrected chi connectivity index (χ2v) is 5.77. The quantitative estimate of drug-likeness (QED) is 0.905. The molecule has 0 saturated heterocycles. The van der Waals surface area contributed by atoms with Gasteiger partial charge in [0.05, 0.1) is 12.2 Å².